The normalized spacial score (nSPS) is 11.6. The number of hydrogen-bond acceptors (Lipinski definition) is 1. The number of rotatable bonds is 1. The molecule has 0 amide bonds. The lowest BCUT2D eigenvalue weighted by Crippen LogP contribution is -1.98. The topological polar surface area (TPSA) is 22.8 Å². The molecule has 0 fully saturated rings. The Kier molecular flexibility index (Phi) is 2.69. The fourth-order valence-electron chi connectivity index (χ4n) is 2.95. The second-order valence-electron chi connectivity index (χ2n) is 5.22. The van der Waals surface area contributed by atoms with Crippen LogP contribution in [0.25, 0.3) is 33.5 Å². The molecule has 0 aliphatic rings. The maximum Gasteiger partial charge on any atom is 0.158 e. The van der Waals surface area contributed by atoms with Crippen molar-refractivity contribution >= 4 is 37.9 Å². The Hall–Kier alpha value is -2.07. The Balaban J connectivity index is 2.11. The molecule has 2 heterocycles. The van der Waals surface area contributed by atoms with Crippen molar-refractivity contribution in [2.45, 2.75) is 0 Å². The fourth-order valence-corrected chi connectivity index (χ4v) is 3.73. The van der Waals surface area contributed by atoms with Crippen LogP contribution in [0.5, 0.6) is 0 Å². The molecule has 0 aliphatic carbocycles. The van der Waals surface area contributed by atoms with E-state index in [1.165, 1.54) is 10.9 Å². The molecule has 0 spiro atoms. The number of aromatic nitrogens is 3. The van der Waals surface area contributed by atoms with Crippen molar-refractivity contribution < 1.29 is 0 Å². The van der Waals surface area contributed by atoms with Crippen LogP contribution in [-0.4, -0.2) is 14.1 Å². The SMILES string of the molecule is Cn1c(-c2c(Br)c3ccccc3n2C)nc2ccccc21. The molecule has 2 aromatic heterocycles. The fraction of sp³-hybridized carbons (Fsp3) is 0.118. The minimum atomic E-state index is 0.974. The largest absolute Gasteiger partial charge is 0.340 e. The first-order chi connectivity index (χ1) is 10.2. The van der Waals surface area contributed by atoms with Crippen molar-refractivity contribution in [1.29, 1.82) is 0 Å². The molecule has 4 aromatic rings. The average molecular weight is 340 g/mol. The van der Waals surface area contributed by atoms with Crippen LogP contribution in [0.1, 0.15) is 0 Å². The Morgan fingerprint density at radius 2 is 1.52 bits per heavy atom. The number of fused-ring (bicyclic) bond motifs is 2. The lowest BCUT2D eigenvalue weighted by Gasteiger charge is -2.05. The summed E-state index contributed by atoms with van der Waals surface area (Å²) in [5, 5.41) is 1.21. The molecule has 0 saturated carbocycles. The Bertz CT molecular complexity index is 939. The zero-order valence-corrected chi connectivity index (χ0v) is 13.4. The zero-order chi connectivity index (χ0) is 14.6. The lowest BCUT2D eigenvalue weighted by molar-refractivity contribution is 0.905. The van der Waals surface area contributed by atoms with Gasteiger partial charge in [-0.15, -0.1) is 0 Å². The van der Waals surface area contributed by atoms with Crippen LogP contribution in [0.2, 0.25) is 0 Å². The van der Waals surface area contributed by atoms with Crippen molar-refractivity contribution in [3.05, 3.63) is 53.0 Å². The van der Waals surface area contributed by atoms with E-state index in [0.29, 0.717) is 0 Å². The molecule has 104 valence electrons. The van der Waals surface area contributed by atoms with Gasteiger partial charge >= 0.3 is 0 Å². The van der Waals surface area contributed by atoms with Gasteiger partial charge in [-0.05, 0) is 34.1 Å². The van der Waals surface area contributed by atoms with Crippen molar-refractivity contribution in [3.63, 3.8) is 0 Å². The highest BCUT2D eigenvalue weighted by atomic mass is 79.9. The quantitative estimate of drug-likeness (QED) is 0.500. The highest BCUT2D eigenvalue weighted by Crippen LogP contribution is 2.37. The summed E-state index contributed by atoms with van der Waals surface area (Å²) in [7, 11) is 4.15. The zero-order valence-electron chi connectivity index (χ0n) is 11.8. The molecule has 4 heteroatoms. The van der Waals surface area contributed by atoms with E-state index in [1.54, 1.807) is 0 Å². The molecular formula is C17H14BrN3. The van der Waals surface area contributed by atoms with Crippen LogP contribution in [0.3, 0.4) is 0 Å². The Labute approximate surface area is 131 Å². The third-order valence-corrected chi connectivity index (χ3v) is 4.85. The molecule has 21 heavy (non-hydrogen) atoms. The van der Waals surface area contributed by atoms with E-state index >= 15 is 0 Å². The van der Waals surface area contributed by atoms with Gasteiger partial charge in [-0.25, -0.2) is 4.98 Å². The minimum Gasteiger partial charge on any atom is -0.340 e. The highest BCUT2D eigenvalue weighted by Gasteiger charge is 2.19. The maximum atomic E-state index is 4.81. The molecular weight excluding hydrogens is 326 g/mol. The van der Waals surface area contributed by atoms with Crippen LogP contribution < -0.4 is 0 Å². The number of benzene rings is 2. The van der Waals surface area contributed by atoms with E-state index in [1.807, 2.05) is 12.1 Å². The van der Waals surface area contributed by atoms with Gasteiger partial charge in [-0.3, -0.25) is 0 Å². The molecule has 0 unspecified atom stereocenters. The second kappa shape index (κ2) is 4.46. The van der Waals surface area contributed by atoms with Gasteiger partial charge in [0.15, 0.2) is 5.82 Å². The van der Waals surface area contributed by atoms with E-state index in [0.717, 1.165) is 27.0 Å². The number of hydrogen-bond donors (Lipinski definition) is 0. The standard InChI is InChI=1S/C17H14BrN3/c1-20-13-9-5-3-7-11(13)15(18)16(20)17-19-12-8-4-6-10-14(12)21(17)2/h3-10H,1-2H3. The molecule has 3 nitrogen and oxygen atoms in total. The van der Waals surface area contributed by atoms with Crippen molar-refractivity contribution in [2.75, 3.05) is 0 Å². The summed E-state index contributed by atoms with van der Waals surface area (Å²) < 4.78 is 5.44. The molecule has 0 bridgehead atoms. The summed E-state index contributed by atoms with van der Waals surface area (Å²) in [4.78, 5) is 4.81. The van der Waals surface area contributed by atoms with Gasteiger partial charge in [-0.1, -0.05) is 30.3 Å². The van der Waals surface area contributed by atoms with Crippen molar-refractivity contribution in [2.24, 2.45) is 14.1 Å². The Morgan fingerprint density at radius 1 is 0.857 bits per heavy atom. The van der Waals surface area contributed by atoms with Crippen LogP contribution in [0, 0.1) is 0 Å². The number of aryl methyl sites for hydroxylation is 2. The van der Waals surface area contributed by atoms with Crippen molar-refractivity contribution in [1.82, 2.24) is 14.1 Å². The van der Waals surface area contributed by atoms with Gasteiger partial charge in [0.05, 0.1) is 21.2 Å². The molecule has 0 atom stereocenters. The average Bonchev–Trinajstić information content (AvgIpc) is 2.96. The molecule has 0 N–H and O–H groups in total. The summed E-state index contributed by atoms with van der Waals surface area (Å²) in [5.41, 5.74) is 4.47. The predicted octanol–water partition coefficient (Wildman–Crippen LogP) is 4.49. The predicted molar refractivity (Wildman–Crippen MR) is 90.3 cm³/mol. The molecule has 0 aliphatic heterocycles. The lowest BCUT2D eigenvalue weighted by atomic mass is 10.2. The van der Waals surface area contributed by atoms with Crippen LogP contribution in [-0.2, 0) is 14.1 Å². The molecule has 0 radical (unpaired) electrons. The van der Waals surface area contributed by atoms with Gasteiger partial charge in [0.2, 0.25) is 0 Å². The summed E-state index contributed by atoms with van der Waals surface area (Å²) in [5.74, 6) is 0.974. The second-order valence-corrected chi connectivity index (χ2v) is 6.01. The van der Waals surface area contributed by atoms with E-state index in [4.69, 9.17) is 4.98 Å². The first-order valence-electron chi connectivity index (χ1n) is 6.83. The van der Waals surface area contributed by atoms with Crippen LogP contribution in [0.15, 0.2) is 53.0 Å². The number of halogens is 1. The highest BCUT2D eigenvalue weighted by molar-refractivity contribution is 9.10. The van der Waals surface area contributed by atoms with Gasteiger partial charge in [-0.2, -0.15) is 0 Å². The molecule has 2 aromatic carbocycles. The smallest absolute Gasteiger partial charge is 0.158 e. The van der Waals surface area contributed by atoms with Crippen LogP contribution in [0.4, 0.5) is 0 Å². The molecule has 0 saturated heterocycles. The third-order valence-electron chi connectivity index (χ3n) is 4.04. The monoisotopic (exact) mass is 339 g/mol. The Morgan fingerprint density at radius 3 is 2.24 bits per heavy atom. The molecule has 4 rings (SSSR count). The van der Waals surface area contributed by atoms with Gasteiger partial charge < -0.3 is 9.13 Å². The summed E-state index contributed by atoms with van der Waals surface area (Å²) in [6, 6.07) is 16.6. The summed E-state index contributed by atoms with van der Waals surface area (Å²) >= 11 is 3.76. The van der Waals surface area contributed by atoms with Crippen molar-refractivity contribution in [3.8, 4) is 11.5 Å². The summed E-state index contributed by atoms with van der Waals surface area (Å²) in [6.45, 7) is 0. The summed E-state index contributed by atoms with van der Waals surface area (Å²) in [6.07, 6.45) is 0. The number of imidazole rings is 1. The number of nitrogens with zero attached hydrogens (tertiary/aromatic N) is 3. The van der Waals surface area contributed by atoms with E-state index in [2.05, 4.69) is 75.6 Å². The minimum absolute atomic E-state index is 0.974. The third kappa shape index (κ3) is 1.69. The van der Waals surface area contributed by atoms with Gasteiger partial charge in [0, 0.05) is 25.0 Å². The van der Waals surface area contributed by atoms with Crippen LogP contribution >= 0.6 is 15.9 Å². The van der Waals surface area contributed by atoms with Gasteiger partial charge in [0.25, 0.3) is 0 Å². The first kappa shape index (κ1) is 12.7. The van der Waals surface area contributed by atoms with E-state index < -0.39 is 0 Å². The number of para-hydroxylation sites is 3. The van der Waals surface area contributed by atoms with E-state index in [-0.39, 0.29) is 0 Å². The van der Waals surface area contributed by atoms with E-state index in [9.17, 15) is 0 Å². The van der Waals surface area contributed by atoms with Gasteiger partial charge in [0.1, 0.15) is 0 Å². The maximum absolute atomic E-state index is 4.81. The first-order valence-corrected chi connectivity index (χ1v) is 7.62.